The van der Waals surface area contributed by atoms with E-state index in [-0.39, 0.29) is 5.92 Å². The van der Waals surface area contributed by atoms with E-state index >= 15 is 0 Å². The average Bonchev–Trinajstić information content (AvgIpc) is 3.67. The molecule has 6 nitrogen and oxygen atoms in total. The van der Waals surface area contributed by atoms with Crippen LogP contribution < -0.4 is 0 Å². The van der Waals surface area contributed by atoms with E-state index in [0.29, 0.717) is 17.5 Å². The van der Waals surface area contributed by atoms with Crippen LogP contribution in [0.3, 0.4) is 0 Å². The number of rotatable bonds is 0. The lowest BCUT2D eigenvalue weighted by Gasteiger charge is -2.33. The zero-order valence-electron chi connectivity index (χ0n) is 18.6. The minimum absolute atomic E-state index is 0.226. The van der Waals surface area contributed by atoms with Gasteiger partial charge in [-0.3, -0.25) is 9.98 Å². The summed E-state index contributed by atoms with van der Waals surface area (Å²) >= 11 is 0. The number of aromatic amines is 2. The number of hydrogen-bond acceptors (Lipinski definition) is 4. The minimum atomic E-state index is -1.40. The second-order valence-electron chi connectivity index (χ2n) is 9.11. The fourth-order valence-corrected chi connectivity index (χ4v) is 5.47. The van der Waals surface area contributed by atoms with Crippen molar-refractivity contribution in [3.63, 3.8) is 0 Å². The topological polar surface area (TPSA) is 104 Å². The lowest BCUT2D eigenvalue weighted by Crippen LogP contribution is -2.33. The lowest BCUT2D eigenvalue weighted by atomic mass is 9.66. The first-order chi connectivity index (χ1) is 17.2. The van der Waals surface area contributed by atoms with E-state index in [4.69, 9.17) is 9.98 Å². The Morgan fingerprint density at radius 3 is 2.51 bits per heavy atom. The Labute approximate surface area is 201 Å². The van der Waals surface area contributed by atoms with Crippen molar-refractivity contribution < 1.29 is 0 Å². The first-order valence-corrected chi connectivity index (χ1v) is 11.5. The average molecular weight is 451 g/mol. The van der Waals surface area contributed by atoms with Crippen molar-refractivity contribution in [3.8, 4) is 12.1 Å². The quantitative estimate of drug-likeness (QED) is 0.499. The third-order valence-electron chi connectivity index (χ3n) is 7.02. The maximum absolute atomic E-state index is 10.3. The largest absolute Gasteiger partial charge is 0.359 e. The van der Waals surface area contributed by atoms with Crippen LogP contribution in [0.5, 0.6) is 0 Å². The molecule has 2 N–H and O–H groups in total. The highest BCUT2D eigenvalue weighted by atomic mass is 14.8. The Bertz CT molecular complexity index is 1690. The van der Waals surface area contributed by atoms with Gasteiger partial charge in [-0.2, -0.15) is 10.5 Å². The number of hydrogen-bond donors (Lipinski definition) is 2. The standard InChI is InChI=1S/C29H18N6/c30-15-29(16-31)24-4-2-1-3-23(24)27-26-10-9-21(34-26)12-19-6-5-17(32-19)11-18-7-8-20(33-18)13-22-14-25(29)28(27)35-22/h1-10,12-14,27,32,35H,11H2/b20-13-,21-12-. The summed E-state index contributed by atoms with van der Waals surface area (Å²) in [4.78, 5) is 16.7. The van der Waals surface area contributed by atoms with Gasteiger partial charge in [0.15, 0.2) is 5.41 Å². The number of aromatic nitrogens is 2. The third-order valence-corrected chi connectivity index (χ3v) is 7.02. The van der Waals surface area contributed by atoms with E-state index < -0.39 is 5.41 Å². The summed E-state index contributed by atoms with van der Waals surface area (Å²) in [5.41, 5.74) is 8.11. The molecule has 0 saturated carbocycles. The molecule has 0 radical (unpaired) electrons. The molecule has 5 heterocycles. The first kappa shape index (κ1) is 19.5. The van der Waals surface area contributed by atoms with Gasteiger partial charge in [0, 0.05) is 40.5 Å². The Balaban J connectivity index is 1.52. The van der Waals surface area contributed by atoms with E-state index in [0.717, 1.165) is 51.2 Å². The van der Waals surface area contributed by atoms with Crippen molar-refractivity contribution in [2.75, 3.05) is 0 Å². The van der Waals surface area contributed by atoms with Gasteiger partial charge in [0.05, 0.1) is 35.2 Å². The molecule has 0 spiro atoms. The van der Waals surface area contributed by atoms with Crippen molar-refractivity contribution in [2.45, 2.75) is 17.8 Å². The van der Waals surface area contributed by atoms with Gasteiger partial charge in [-0.1, -0.05) is 24.3 Å². The van der Waals surface area contributed by atoms with Gasteiger partial charge in [-0.05, 0) is 65.8 Å². The number of nitrogens with one attached hydrogen (secondary N) is 2. The molecule has 3 aliphatic heterocycles. The molecule has 1 unspecified atom stereocenters. The number of nitrogens with zero attached hydrogens (tertiary/aromatic N) is 4. The maximum atomic E-state index is 10.3. The molecule has 8 bridgehead atoms. The second-order valence-corrected chi connectivity index (χ2v) is 9.11. The van der Waals surface area contributed by atoms with Crippen LogP contribution in [0.25, 0.3) is 12.2 Å². The number of nitriles is 2. The summed E-state index contributed by atoms with van der Waals surface area (Å²) in [6, 6.07) is 18.4. The predicted octanol–water partition coefficient (Wildman–Crippen LogP) is 5.08. The van der Waals surface area contributed by atoms with Crippen LogP contribution in [0.4, 0.5) is 0 Å². The van der Waals surface area contributed by atoms with Crippen LogP contribution in [-0.4, -0.2) is 21.4 Å². The molecule has 35 heavy (non-hydrogen) atoms. The van der Waals surface area contributed by atoms with Crippen LogP contribution in [0, 0.1) is 22.7 Å². The van der Waals surface area contributed by atoms with Crippen molar-refractivity contribution >= 4 is 23.6 Å². The summed E-state index contributed by atoms with van der Waals surface area (Å²) in [7, 11) is 0. The Hall–Kier alpha value is -4.94. The molecule has 7 rings (SSSR count). The summed E-state index contributed by atoms with van der Waals surface area (Å²) in [6.07, 6.45) is 12.7. The van der Waals surface area contributed by atoms with Crippen LogP contribution in [0.1, 0.15) is 45.4 Å². The molecule has 4 aliphatic rings. The first-order valence-electron chi connectivity index (χ1n) is 11.5. The highest BCUT2D eigenvalue weighted by molar-refractivity contribution is 6.07. The fraction of sp³-hybridized carbons (Fsp3) is 0.103. The van der Waals surface area contributed by atoms with Crippen LogP contribution >= 0.6 is 0 Å². The predicted molar refractivity (Wildman–Crippen MR) is 135 cm³/mol. The highest BCUT2D eigenvalue weighted by Gasteiger charge is 2.47. The molecule has 2 aromatic heterocycles. The van der Waals surface area contributed by atoms with Crippen molar-refractivity contribution in [1.82, 2.24) is 9.97 Å². The summed E-state index contributed by atoms with van der Waals surface area (Å²) in [6.45, 7) is 0. The molecular weight excluding hydrogens is 432 g/mol. The zero-order chi connectivity index (χ0) is 23.6. The van der Waals surface area contributed by atoms with E-state index in [2.05, 4.69) is 34.2 Å². The molecule has 3 aromatic rings. The fourth-order valence-electron chi connectivity index (χ4n) is 5.47. The number of aliphatic imine (C=N–C) groups is 2. The van der Waals surface area contributed by atoms with E-state index in [1.165, 1.54) is 0 Å². The number of fused-ring (bicyclic) bond motifs is 8. The molecule has 6 heteroatoms. The molecule has 1 atom stereocenters. The smallest absolute Gasteiger partial charge is 0.195 e. The molecule has 0 saturated heterocycles. The van der Waals surface area contributed by atoms with Gasteiger partial charge in [0.25, 0.3) is 0 Å². The van der Waals surface area contributed by atoms with Gasteiger partial charge in [0.2, 0.25) is 0 Å². The Morgan fingerprint density at radius 2 is 1.63 bits per heavy atom. The summed E-state index contributed by atoms with van der Waals surface area (Å²) < 4.78 is 0. The SMILES string of the molecule is N#CC1(C#N)c2ccccc2C2C3=N/C(=C\c4ccc([nH]4)CC4=N/C(=C\c5cc1c2[nH]5)C=C4)C=C3. The number of H-pyrrole nitrogens is 2. The monoisotopic (exact) mass is 450 g/mol. The normalized spacial score (nSPS) is 23.2. The molecule has 1 aliphatic carbocycles. The van der Waals surface area contributed by atoms with Gasteiger partial charge >= 0.3 is 0 Å². The second kappa shape index (κ2) is 7.03. The molecule has 0 amide bonds. The molecule has 164 valence electrons. The van der Waals surface area contributed by atoms with Crippen LogP contribution in [-0.2, 0) is 11.8 Å². The zero-order valence-corrected chi connectivity index (χ0v) is 18.6. The van der Waals surface area contributed by atoms with Crippen molar-refractivity contribution in [1.29, 1.82) is 10.5 Å². The van der Waals surface area contributed by atoms with Gasteiger partial charge in [0.1, 0.15) is 0 Å². The van der Waals surface area contributed by atoms with Crippen LogP contribution in [0.15, 0.2) is 88.1 Å². The van der Waals surface area contributed by atoms with Crippen molar-refractivity contribution in [2.24, 2.45) is 9.98 Å². The van der Waals surface area contributed by atoms with Crippen LogP contribution in [0.2, 0.25) is 0 Å². The molecule has 1 aromatic carbocycles. The minimum Gasteiger partial charge on any atom is -0.359 e. The number of allylic oxidation sites excluding steroid dienone is 4. The Kier molecular flexibility index (Phi) is 3.92. The van der Waals surface area contributed by atoms with Crippen molar-refractivity contribution in [3.05, 3.63) is 118 Å². The van der Waals surface area contributed by atoms with Gasteiger partial charge < -0.3 is 9.97 Å². The van der Waals surface area contributed by atoms with E-state index in [9.17, 15) is 10.5 Å². The third kappa shape index (κ3) is 2.81. The maximum Gasteiger partial charge on any atom is 0.195 e. The van der Waals surface area contributed by atoms with E-state index in [1.54, 1.807) is 0 Å². The molecular formula is C29H18N6. The lowest BCUT2D eigenvalue weighted by molar-refractivity contribution is 0.765. The highest BCUT2D eigenvalue weighted by Crippen LogP contribution is 2.48. The Morgan fingerprint density at radius 1 is 0.829 bits per heavy atom. The number of benzene rings is 1. The summed E-state index contributed by atoms with van der Waals surface area (Å²) in [5, 5.41) is 20.6. The molecule has 0 fully saturated rings. The van der Waals surface area contributed by atoms with Gasteiger partial charge in [-0.15, -0.1) is 0 Å². The summed E-state index contributed by atoms with van der Waals surface area (Å²) in [5.74, 6) is -0.226. The van der Waals surface area contributed by atoms with E-state index in [1.807, 2.05) is 66.8 Å². The van der Waals surface area contributed by atoms with Gasteiger partial charge in [-0.25, -0.2) is 0 Å².